The van der Waals surface area contributed by atoms with Crippen LogP contribution in [0.2, 0.25) is 0 Å². The zero-order chi connectivity index (χ0) is 17.6. The van der Waals surface area contributed by atoms with Crippen LogP contribution >= 0.6 is 0 Å². The number of ether oxygens (including phenoxy) is 1. The molecule has 0 bridgehead atoms. The quantitative estimate of drug-likeness (QED) is 0.454. The zero-order valence-electron chi connectivity index (χ0n) is 12.9. The van der Waals surface area contributed by atoms with Crippen LogP contribution in [0.1, 0.15) is 16.7 Å². The lowest BCUT2D eigenvalue weighted by molar-refractivity contribution is -0.137. The molecule has 0 unspecified atom stereocenters. The number of alkyl halides is 3. The number of esters is 1. The van der Waals surface area contributed by atoms with Gasteiger partial charge in [-0.3, -0.25) is 0 Å². The van der Waals surface area contributed by atoms with Crippen molar-refractivity contribution in [3.05, 3.63) is 89.5 Å². The maximum atomic E-state index is 12.7. The van der Waals surface area contributed by atoms with E-state index in [1.54, 1.807) is 6.08 Å². The van der Waals surface area contributed by atoms with Crippen LogP contribution < -0.4 is 0 Å². The van der Waals surface area contributed by atoms with E-state index in [2.05, 4.69) is 4.74 Å². The van der Waals surface area contributed by atoms with Crippen molar-refractivity contribution in [2.24, 2.45) is 0 Å². The van der Waals surface area contributed by atoms with E-state index in [1.165, 1.54) is 31.4 Å². The molecule has 0 atom stereocenters. The van der Waals surface area contributed by atoms with Crippen molar-refractivity contribution in [2.45, 2.75) is 6.18 Å². The average Bonchev–Trinajstić information content (AvgIpc) is 2.58. The fourth-order valence-corrected chi connectivity index (χ4v) is 2.11. The third-order valence-corrected chi connectivity index (χ3v) is 3.30. The molecule has 0 radical (unpaired) electrons. The Bertz CT molecular complexity index is 742. The molecule has 24 heavy (non-hydrogen) atoms. The predicted octanol–water partition coefficient (Wildman–Crippen LogP) is 4.87. The molecule has 0 aliphatic carbocycles. The number of benzene rings is 2. The Balaban J connectivity index is 2.41. The standard InChI is InChI=1S/C19H15F3O2/c1-24-18(23)9-5-8-17(14-6-3-2-4-7-14)15-10-12-16(13-11-15)19(20,21)22/h2-13H,1H3. The van der Waals surface area contributed by atoms with Crippen molar-refractivity contribution < 1.29 is 22.7 Å². The smallest absolute Gasteiger partial charge is 0.416 e. The fraction of sp³-hybridized carbons (Fsp3) is 0.105. The second-order valence-corrected chi connectivity index (χ2v) is 4.90. The topological polar surface area (TPSA) is 26.3 Å². The molecule has 2 nitrogen and oxygen atoms in total. The molecule has 0 fully saturated rings. The molecule has 0 aliphatic rings. The van der Waals surface area contributed by atoms with Crippen LogP contribution in [0.4, 0.5) is 13.2 Å². The summed E-state index contributed by atoms with van der Waals surface area (Å²) in [5.74, 6) is -0.508. The van der Waals surface area contributed by atoms with E-state index in [4.69, 9.17) is 0 Å². The Morgan fingerprint density at radius 3 is 2.08 bits per heavy atom. The first-order valence-electron chi connectivity index (χ1n) is 7.11. The second-order valence-electron chi connectivity index (χ2n) is 4.90. The van der Waals surface area contributed by atoms with E-state index < -0.39 is 17.7 Å². The average molecular weight is 332 g/mol. The van der Waals surface area contributed by atoms with Crippen LogP contribution in [0.3, 0.4) is 0 Å². The van der Waals surface area contributed by atoms with Crippen molar-refractivity contribution in [3.63, 3.8) is 0 Å². The Morgan fingerprint density at radius 2 is 1.54 bits per heavy atom. The minimum absolute atomic E-state index is 0.508. The van der Waals surface area contributed by atoms with Gasteiger partial charge in [-0.15, -0.1) is 0 Å². The number of carbonyl (C=O) groups excluding carboxylic acids is 1. The van der Waals surface area contributed by atoms with Gasteiger partial charge in [0.15, 0.2) is 0 Å². The minimum atomic E-state index is -4.38. The van der Waals surface area contributed by atoms with E-state index in [1.807, 2.05) is 30.3 Å². The van der Waals surface area contributed by atoms with E-state index in [0.29, 0.717) is 11.1 Å². The molecule has 2 rings (SSSR count). The summed E-state index contributed by atoms with van der Waals surface area (Å²) >= 11 is 0. The van der Waals surface area contributed by atoms with Crippen molar-refractivity contribution in [1.29, 1.82) is 0 Å². The summed E-state index contributed by atoms with van der Waals surface area (Å²) in [6.07, 6.45) is 0.0354. The third-order valence-electron chi connectivity index (χ3n) is 3.30. The highest BCUT2D eigenvalue weighted by Crippen LogP contribution is 2.31. The van der Waals surface area contributed by atoms with Crippen LogP contribution in [0.15, 0.2) is 72.8 Å². The van der Waals surface area contributed by atoms with Gasteiger partial charge >= 0.3 is 12.1 Å². The summed E-state index contributed by atoms with van der Waals surface area (Å²) in [6.45, 7) is 0. The molecule has 0 saturated carbocycles. The zero-order valence-corrected chi connectivity index (χ0v) is 12.9. The molecule has 0 aliphatic heterocycles. The summed E-state index contributed by atoms with van der Waals surface area (Å²) < 4.78 is 42.6. The van der Waals surface area contributed by atoms with Crippen LogP contribution in [-0.2, 0) is 15.7 Å². The van der Waals surface area contributed by atoms with Gasteiger partial charge < -0.3 is 4.74 Å². The molecule has 0 saturated heterocycles. The molecule has 124 valence electrons. The van der Waals surface area contributed by atoms with Crippen LogP contribution in [-0.4, -0.2) is 13.1 Å². The maximum Gasteiger partial charge on any atom is 0.416 e. The van der Waals surface area contributed by atoms with Gasteiger partial charge in [0.25, 0.3) is 0 Å². The second kappa shape index (κ2) is 7.64. The van der Waals surface area contributed by atoms with E-state index >= 15 is 0 Å². The number of halogens is 3. The van der Waals surface area contributed by atoms with Gasteiger partial charge in [0.1, 0.15) is 0 Å². The summed E-state index contributed by atoms with van der Waals surface area (Å²) in [5, 5.41) is 0. The van der Waals surface area contributed by atoms with Crippen molar-refractivity contribution >= 4 is 11.5 Å². The molecule has 5 heteroatoms. The van der Waals surface area contributed by atoms with E-state index in [0.717, 1.165) is 17.7 Å². The SMILES string of the molecule is COC(=O)C=CC=C(c1ccccc1)c1ccc(C(F)(F)F)cc1. The fourth-order valence-electron chi connectivity index (χ4n) is 2.11. The maximum absolute atomic E-state index is 12.7. The number of hydrogen-bond acceptors (Lipinski definition) is 2. The number of rotatable bonds is 4. The molecule has 0 N–H and O–H groups in total. The van der Waals surface area contributed by atoms with E-state index in [9.17, 15) is 18.0 Å². The first-order valence-corrected chi connectivity index (χ1v) is 7.11. The number of methoxy groups -OCH3 is 1. The summed E-state index contributed by atoms with van der Waals surface area (Å²) in [5.41, 5.74) is 1.43. The molecular weight excluding hydrogens is 317 g/mol. The Kier molecular flexibility index (Phi) is 5.58. The third kappa shape index (κ3) is 4.59. The Morgan fingerprint density at radius 1 is 0.958 bits per heavy atom. The normalized spacial score (nSPS) is 12.4. The molecule has 0 spiro atoms. The number of allylic oxidation sites excluding steroid dienone is 2. The monoisotopic (exact) mass is 332 g/mol. The first-order chi connectivity index (χ1) is 11.4. The molecule has 0 heterocycles. The molecule has 0 amide bonds. The van der Waals surface area contributed by atoms with Gasteiger partial charge in [-0.2, -0.15) is 13.2 Å². The highest BCUT2D eigenvalue weighted by molar-refractivity contribution is 5.85. The van der Waals surface area contributed by atoms with Gasteiger partial charge in [-0.05, 0) is 28.8 Å². The highest BCUT2D eigenvalue weighted by Gasteiger charge is 2.30. The van der Waals surface area contributed by atoms with Gasteiger partial charge in [0, 0.05) is 6.08 Å². The largest absolute Gasteiger partial charge is 0.466 e. The van der Waals surface area contributed by atoms with Crippen molar-refractivity contribution in [1.82, 2.24) is 0 Å². The highest BCUT2D eigenvalue weighted by atomic mass is 19.4. The van der Waals surface area contributed by atoms with E-state index in [-0.39, 0.29) is 0 Å². The molecule has 2 aromatic rings. The summed E-state index contributed by atoms with van der Waals surface area (Å²) in [4.78, 5) is 11.2. The number of hydrogen-bond donors (Lipinski definition) is 0. The first kappa shape index (κ1) is 17.5. The van der Waals surface area contributed by atoms with Gasteiger partial charge in [-0.1, -0.05) is 54.6 Å². The Hall–Kier alpha value is -2.82. The van der Waals surface area contributed by atoms with Crippen molar-refractivity contribution in [2.75, 3.05) is 7.11 Å². The van der Waals surface area contributed by atoms with Crippen LogP contribution in [0.25, 0.3) is 5.57 Å². The molecular formula is C19H15F3O2. The van der Waals surface area contributed by atoms with Crippen LogP contribution in [0.5, 0.6) is 0 Å². The minimum Gasteiger partial charge on any atom is -0.466 e. The van der Waals surface area contributed by atoms with Gasteiger partial charge in [-0.25, -0.2) is 4.79 Å². The lowest BCUT2D eigenvalue weighted by atomic mass is 9.96. The molecule has 0 aromatic heterocycles. The predicted molar refractivity (Wildman–Crippen MR) is 86.1 cm³/mol. The van der Waals surface area contributed by atoms with Gasteiger partial charge in [0.05, 0.1) is 12.7 Å². The number of carbonyl (C=O) groups is 1. The van der Waals surface area contributed by atoms with Crippen LogP contribution in [0, 0.1) is 0 Å². The summed E-state index contributed by atoms with van der Waals surface area (Å²) in [6, 6.07) is 14.1. The Labute approximate surface area is 137 Å². The van der Waals surface area contributed by atoms with Crippen molar-refractivity contribution in [3.8, 4) is 0 Å². The van der Waals surface area contributed by atoms with Gasteiger partial charge in [0.2, 0.25) is 0 Å². The lowest BCUT2D eigenvalue weighted by Gasteiger charge is -2.10. The summed E-state index contributed by atoms with van der Waals surface area (Å²) in [7, 11) is 1.27. The molecule has 2 aromatic carbocycles. The lowest BCUT2D eigenvalue weighted by Crippen LogP contribution is -2.04.